The van der Waals surface area contributed by atoms with E-state index in [0.29, 0.717) is 11.7 Å². The van der Waals surface area contributed by atoms with Crippen molar-refractivity contribution in [3.8, 4) is 0 Å². The fourth-order valence-corrected chi connectivity index (χ4v) is 4.07. The van der Waals surface area contributed by atoms with Crippen LogP contribution in [-0.4, -0.2) is 23.2 Å². The maximum absolute atomic E-state index is 5.76. The monoisotopic (exact) mass is 256 g/mol. The standard InChI is InChI=1S/C15H28OS/c1-3-4-10-17-11-6-5-7-13-8-9-15(2)14(12-13)16-15/h13-14H,3-12H2,1-2H3/t13?,14?,15-/m1/s1. The van der Waals surface area contributed by atoms with Crippen LogP contribution >= 0.6 is 11.8 Å². The van der Waals surface area contributed by atoms with Gasteiger partial charge in [0.15, 0.2) is 0 Å². The minimum Gasteiger partial charge on any atom is -0.366 e. The Balaban J connectivity index is 1.44. The van der Waals surface area contributed by atoms with Crippen molar-refractivity contribution >= 4 is 11.8 Å². The van der Waals surface area contributed by atoms with Gasteiger partial charge < -0.3 is 4.74 Å². The van der Waals surface area contributed by atoms with Crippen molar-refractivity contribution in [1.29, 1.82) is 0 Å². The summed E-state index contributed by atoms with van der Waals surface area (Å²) in [5.74, 6) is 3.72. The first kappa shape index (κ1) is 13.7. The minimum absolute atomic E-state index is 0.312. The molecule has 0 N–H and O–H groups in total. The van der Waals surface area contributed by atoms with E-state index in [1.807, 2.05) is 0 Å². The molecule has 3 atom stereocenters. The van der Waals surface area contributed by atoms with E-state index in [2.05, 4.69) is 25.6 Å². The van der Waals surface area contributed by atoms with Gasteiger partial charge in [0.2, 0.25) is 0 Å². The summed E-state index contributed by atoms with van der Waals surface area (Å²) in [6.07, 6.45) is 11.7. The van der Waals surface area contributed by atoms with Gasteiger partial charge in [0.05, 0.1) is 11.7 Å². The van der Waals surface area contributed by atoms with E-state index in [1.165, 1.54) is 62.9 Å². The van der Waals surface area contributed by atoms with E-state index in [0.717, 1.165) is 5.92 Å². The second-order valence-corrected chi connectivity index (χ2v) is 7.25. The van der Waals surface area contributed by atoms with Gasteiger partial charge in [0.1, 0.15) is 0 Å². The van der Waals surface area contributed by atoms with Gasteiger partial charge in [0, 0.05) is 0 Å². The van der Waals surface area contributed by atoms with Crippen molar-refractivity contribution in [1.82, 2.24) is 0 Å². The molecule has 17 heavy (non-hydrogen) atoms. The molecule has 1 heterocycles. The van der Waals surface area contributed by atoms with Crippen LogP contribution < -0.4 is 0 Å². The van der Waals surface area contributed by atoms with Gasteiger partial charge in [-0.2, -0.15) is 11.8 Å². The fraction of sp³-hybridized carbons (Fsp3) is 1.00. The average molecular weight is 256 g/mol. The summed E-state index contributed by atoms with van der Waals surface area (Å²) >= 11 is 2.15. The Morgan fingerprint density at radius 1 is 1.24 bits per heavy atom. The summed E-state index contributed by atoms with van der Waals surface area (Å²) in [5.41, 5.74) is 0.312. The molecule has 1 aliphatic heterocycles. The maximum atomic E-state index is 5.76. The second kappa shape index (κ2) is 6.47. The minimum atomic E-state index is 0.312. The van der Waals surface area contributed by atoms with Crippen LogP contribution in [0.4, 0.5) is 0 Å². The van der Waals surface area contributed by atoms with Crippen molar-refractivity contribution in [2.45, 2.75) is 76.9 Å². The molecule has 0 amide bonds. The average Bonchev–Trinajstić information content (AvgIpc) is 2.99. The van der Waals surface area contributed by atoms with Crippen LogP contribution in [0.25, 0.3) is 0 Å². The first-order valence-electron chi connectivity index (χ1n) is 7.50. The summed E-state index contributed by atoms with van der Waals surface area (Å²) in [7, 11) is 0. The third kappa shape index (κ3) is 4.17. The van der Waals surface area contributed by atoms with Gasteiger partial charge in [-0.25, -0.2) is 0 Å². The lowest BCUT2D eigenvalue weighted by molar-refractivity contribution is 0.298. The lowest BCUT2D eigenvalue weighted by Crippen LogP contribution is -2.21. The van der Waals surface area contributed by atoms with Gasteiger partial charge in [-0.1, -0.05) is 26.2 Å². The molecule has 2 rings (SSSR count). The van der Waals surface area contributed by atoms with E-state index < -0.39 is 0 Å². The predicted molar refractivity (Wildman–Crippen MR) is 76.7 cm³/mol. The Hall–Kier alpha value is 0.310. The molecule has 0 radical (unpaired) electrons. The van der Waals surface area contributed by atoms with Crippen LogP contribution in [0.1, 0.15) is 65.2 Å². The van der Waals surface area contributed by atoms with Gasteiger partial charge >= 0.3 is 0 Å². The molecule has 100 valence electrons. The Labute approximate surface area is 111 Å². The summed E-state index contributed by atoms with van der Waals surface area (Å²) < 4.78 is 5.76. The normalized spacial score (nSPS) is 35.6. The van der Waals surface area contributed by atoms with Crippen LogP contribution in [0.15, 0.2) is 0 Å². The van der Waals surface area contributed by atoms with Crippen molar-refractivity contribution < 1.29 is 4.74 Å². The molecule has 1 saturated heterocycles. The smallest absolute Gasteiger partial charge is 0.0920 e. The zero-order valence-electron chi connectivity index (χ0n) is 11.5. The van der Waals surface area contributed by atoms with Crippen LogP contribution in [0.2, 0.25) is 0 Å². The Morgan fingerprint density at radius 3 is 2.82 bits per heavy atom. The molecular formula is C15H28OS. The number of epoxide rings is 1. The zero-order valence-corrected chi connectivity index (χ0v) is 12.4. The Kier molecular flexibility index (Phi) is 5.23. The van der Waals surface area contributed by atoms with E-state index in [9.17, 15) is 0 Å². The molecule has 1 nitrogen and oxygen atoms in total. The van der Waals surface area contributed by atoms with Crippen LogP contribution in [0.3, 0.4) is 0 Å². The zero-order chi connectivity index (χ0) is 12.1. The molecule has 0 aromatic heterocycles. The lowest BCUT2D eigenvalue weighted by atomic mass is 9.81. The van der Waals surface area contributed by atoms with E-state index in [4.69, 9.17) is 4.74 Å². The number of hydrogen-bond donors (Lipinski definition) is 0. The largest absolute Gasteiger partial charge is 0.366 e. The molecule has 2 unspecified atom stereocenters. The Bertz CT molecular complexity index is 231. The number of hydrogen-bond acceptors (Lipinski definition) is 2. The molecule has 2 fully saturated rings. The third-order valence-corrected chi connectivity index (χ3v) is 5.58. The molecule has 2 heteroatoms. The van der Waals surface area contributed by atoms with E-state index in [1.54, 1.807) is 0 Å². The van der Waals surface area contributed by atoms with Crippen molar-refractivity contribution in [3.05, 3.63) is 0 Å². The van der Waals surface area contributed by atoms with Crippen LogP contribution in [-0.2, 0) is 4.74 Å². The van der Waals surface area contributed by atoms with Crippen molar-refractivity contribution in [2.24, 2.45) is 5.92 Å². The highest BCUT2D eigenvalue weighted by molar-refractivity contribution is 7.99. The maximum Gasteiger partial charge on any atom is 0.0920 e. The number of rotatable bonds is 8. The highest BCUT2D eigenvalue weighted by Crippen LogP contribution is 2.50. The topological polar surface area (TPSA) is 12.5 Å². The molecule has 0 spiro atoms. The van der Waals surface area contributed by atoms with E-state index >= 15 is 0 Å². The molecule has 1 aliphatic carbocycles. The summed E-state index contributed by atoms with van der Waals surface area (Å²) in [6.45, 7) is 4.57. The number of ether oxygens (including phenoxy) is 1. The van der Waals surface area contributed by atoms with Crippen LogP contribution in [0, 0.1) is 5.92 Å². The fourth-order valence-electron chi connectivity index (χ4n) is 2.97. The lowest BCUT2D eigenvalue weighted by Gasteiger charge is -2.22. The third-order valence-electron chi connectivity index (χ3n) is 4.43. The quantitative estimate of drug-likeness (QED) is 0.463. The molecule has 1 saturated carbocycles. The molecular weight excluding hydrogens is 228 g/mol. The first-order valence-corrected chi connectivity index (χ1v) is 8.65. The molecule has 0 aromatic rings. The summed E-state index contributed by atoms with van der Waals surface area (Å²) in [6, 6.07) is 0. The SMILES string of the molecule is CCCCSCCCCC1CC[C@@]2(C)OC2C1. The summed E-state index contributed by atoms with van der Waals surface area (Å²) in [4.78, 5) is 0. The first-order chi connectivity index (χ1) is 8.24. The molecule has 2 aliphatic rings. The number of fused-ring (bicyclic) bond motifs is 1. The van der Waals surface area contributed by atoms with Gasteiger partial charge in [-0.05, 0) is 56.5 Å². The van der Waals surface area contributed by atoms with Crippen molar-refractivity contribution in [3.63, 3.8) is 0 Å². The van der Waals surface area contributed by atoms with Gasteiger partial charge in [-0.15, -0.1) is 0 Å². The van der Waals surface area contributed by atoms with E-state index in [-0.39, 0.29) is 0 Å². The molecule has 0 bridgehead atoms. The highest BCUT2D eigenvalue weighted by atomic mass is 32.2. The number of thioether (sulfide) groups is 1. The molecule has 0 aromatic carbocycles. The van der Waals surface area contributed by atoms with Crippen molar-refractivity contribution in [2.75, 3.05) is 11.5 Å². The van der Waals surface area contributed by atoms with Gasteiger partial charge in [0.25, 0.3) is 0 Å². The van der Waals surface area contributed by atoms with Gasteiger partial charge in [-0.3, -0.25) is 0 Å². The highest BCUT2D eigenvalue weighted by Gasteiger charge is 2.54. The van der Waals surface area contributed by atoms with Crippen LogP contribution in [0.5, 0.6) is 0 Å². The second-order valence-electron chi connectivity index (χ2n) is 6.02. The Morgan fingerprint density at radius 2 is 2.06 bits per heavy atom. The summed E-state index contributed by atoms with van der Waals surface area (Å²) in [5, 5.41) is 0. The predicted octanol–water partition coefficient (Wildman–Crippen LogP) is 4.65. The number of unbranched alkanes of at least 4 members (excludes halogenated alkanes) is 2.